The van der Waals surface area contributed by atoms with E-state index in [4.69, 9.17) is 9.88 Å². The summed E-state index contributed by atoms with van der Waals surface area (Å²) in [7, 11) is -3.65. The van der Waals surface area contributed by atoms with Crippen LogP contribution in [-0.2, 0) is 16.4 Å². The molecule has 4 nitrogen and oxygen atoms in total. The fraction of sp³-hybridized carbons (Fsp3) is 0.286. The van der Waals surface area contributed by atoms with Gasteiger partial charge in [-0.25, -0.2) is 13.6 Å². The van der Waals surface area contributed by atoms with Gasteiger partial charge in [0.1, 0.15) is 5.75 Å². The third kappa shape index (κ3) is 2.46. The number of ether oxygens (including phenoxy) is 1. The lowest BCUT2D eigenvalue weighted by Gasteiger charge is -2.17. The highest BCUT2D eigenvalue weighted by molar-refractivity contribution is 7.89. The normalized spacial score (nSPS) is 14.7. The predicted octanol–water partition coefficient (Wildman–Crippen LogP) is 2.70. The van der Waals surface area contributed by atoms with Crippen molar-refractivity contribution < 1.29 is 13.2 Å². The smallest absolute Gasteiger partial charge is 0.239 e. The van der Waals surface area contributed by atoms with Crippen LogP contribution in [0, 0.1) is 6.92 Å². The van der Waals surface area contributed by atoms with Crippen LogP contribution in [0.3, 0.4) is 0 Å². The molecule has 0 saturated heterocycles. The van der Waals surface area contributed by atoms with Crippen LogP contribution < -0.4 is 9.88 Å². The molecule has 1 aliphatic rings. The lowest BCUT2D eigenvalue weighted by molar-refractivity contribution is 0.288. The Balaban J connectivity index is 2.06. The number of rotatable bonds is 2. The van der Waals surface area contributed by atoms with Crippen molar-refractivity contribution in [3.05, 3.63) is 34.7 Å². The van der Waals surface area contributed by atoms with Crippen molar-refractivity contribution in [1.82, 2.24) is 0 Å². The Hall–Kier alpha value is -1.37. The second kappa shape index (κ2) is 4.87. The van der Waals surface area contributed by atoms with Crippen molar-refractivity contribution in [2.75, 3.05) is 6.61 Å². The Morgan fingerprint density at radius 3 is 2.80 bits per heavy atom. The summed E-state index contributed by atoms with van der Waals surface area (Å²) in [5.41, 5.74) is 2.19. The van der Waals surface area contributed by atoms with Gasteiger partial charge in [-0.3, -0.25) is 0 Å². The predicted molar refractivity (Wildman–Crippen MR) is 79.7 cm³/mol. The second-order valence-corrected chi connectivity index (χ2v) is 7.64. The Bertz CT molecular complexity index is 763. The minimum absolute atomic E-state index is 0.214. The number of hydrogen-bond acceptors (Lipinski definition) is 4. The standard InChI is InChI=1S/C14H15NO3S2/c1-9-14(20(15,16)17)8-13(19-9)11-4-5-12-10(7-11)3-2-6-18-12/h4-5,7-8H,2-3,6H2,1H3,(H2,15,16,17). The van der Waals surface area contributed by atoms with Gasteiger partial charge in [0.15, 0.2) is 0 Å². The van der Waals surface area contributed by atoms with E-state index >= 15 is 0 Å². The summed E-state index contributed by atoms with van der Waals surface area (Å²) < 4.78 is 28.6. The summed E-state index contributed by atoms with van der Waals surface area (Å²) >= 11 is 1.45. The first-order valence-corrected chi connectivity index (χ1v) is 8.71. The number of primary sulfonamides is 1. The number of sulfonamides is 1. The van der Waals surface area contributed by atoms with Gasteiger partial charge in [0.05, 0.1) is 11.5 Å². The van der Waals surface area contributed by atoms with Crippen LogP contribution in [-0.4, -0.2) is 15.0 Å². The first-order chi connectivity index (χ1) is 9.45. The highest BCUT2D eigenvalue weighted by atomic mass is 32.2. The Morgan fingerprint density at radius 1 is 1.30 bits per heavy atom. The molecule has 0 amide bonds. The zero-order chi connectivity index (χ0) is 14.3. The van der Waals surface area contributed by atoms with E-state index < -0.39 is 10.0 Å². The van der Waals surface area contributed by atoms with E-state index in [0.717, 1.165) is 40.5 Å². The van der Waals surface area contributed by atoms with Crippen molar-refractivity contribution in [2.45, 2.75) is 24.7 Å². The summed E-state index contributed by atoms with van der Waals surface area (Å²) in [6.07, 6.45) is 2.01. The average molecular weight is 309 g/mol. The summed E-state index contributed by atoms with van der Waals surface area (Å²) in [4.78, 5) is 1.85. The van der Waals surface area contributed by atoms with Crippen molar-refractivity contribution in [2.24, 2.45) is 5.14 Å². The summed E-state index contributed by atoms with van der Waals surface area (Å²) in [6.45, 7) is 2.54. The van der Waals surface area contributed by atoms with Crippen LogP contribution in [0.25, 0.3) is 10.4 Å². The molecule has 2 aromatic rings. The van der Waals surface area contributed by atoms with Crippen LogP contribution in [0.2, 0.25) is 0 Å². The highest BCUT2D eigenvalue weighted by Gasteiger charge is 2.17. The van der Waals surface area contributed by atoms with E-state index in [-0.39, 0.29) is 4.90 Å². The highest BCUT2D eigenvalue weighted by Crippen LogP contribution is 2.36. The molecule has 20 heavy (non-hydrogen) atoms. The molecular weight excluding hydrogens is 294 g/mol. The molecule has 1 aromatic carbocycles. The quantitative estimate of drug-likeness (QED) is 0.927. The molecule has 0 saturated carbocycles. The molecule has 0 aliphatic carbocycles. The number of hydrogen-bond donors (Lipinski definition) is 1. The molecule has 0 spiro atoms. The lowest BCUT2D eigenvalue weighted by Crippen LogP contribution is -2.11. The molecule has 1 aromatic heterocycles. The second-order valence-electron chi connectivity index (χ2n) is 4.85. The number of benzene rings is 1. The maximum absolute atomic E-state index is 11.5. The van der Waals surface area contributed by atoms with E-state index in [1.54, 1.807) is 13.0 Å². The average Bonchev–Trinajstić information content (AvgIpc) is 2.80. The number of aryl methyl sites for hydroxylation is 2. The molecule has 106 valence electrons. The fourth-order valence-corrected chi connectivity index (χ4v) is 4.55. The maximum atomic E-state index is 11.5. The van der Waals surface area contributed by atoms with Gasteiger partial charge in [0.25, 0.3) is 0 Å². The Kier molecular flexibility index (Phi) is 3.32. The van der Waals surface area contributed by atoms with Gasteiger partial charge in [0.2, 0.25) is 10.0 Å². The summed E-state index contributed by atoms with van der Waals surface area (Å²) in [5.74, 6) is 0.931. The van der Waals surface area contributed by atoms with Gasteiger partial charge < -0.3 is 4.74 Å². The van der Waals surface area contributed by atoms with Crippen molar-refractivity contribution in [3.63, 3.8) is 0 Å². The first kappa shape index (κ1) is 13.6. The van der Waals surface area contributed by atoms with Crippen LogP contribution >= 0.6 is 11.3 Å². The minimum atomic E-state index is -3.65. The third-order valence-corrected chi connectivity index (χ3v) is 5.64. The third-order valence-electron chi connectivity index (χ3n) is 3.37. The van der Waals surface area contributed by atoms with Crippen molar-refractivity contribution in [1.29, 1.82) is 0 Å². The number of thiophene rings is 1. The monoisotopic (exact) mass is 309 g/mol. The van der Waals surface area contributed by atoms with Gasteiger partial charge in [-0.2, -0.15) is 0 Å². The van der Waals surface area contributed by atoms with E-state index in [9.17, 15) is 8.42 Å². The molecule has 1 aliphatic heterocycles. The largest absolute Gasteiger partial charge is 0.493 e. The number of fused-ring (bicyclic) bond motifs is 1. The lowest BCUT2D eigenvalue weighted by atomic mass is 10.0. The van der Waals surface area contributed by atoms with Crippen molar-refractivity contribution >= 4 is 21.4 Å². The van der Waals surface area contributed by atoms with E-state index in [0.29, 0.717) is 0 Å². The van der Waals surface area contributed by atoms with Crippen LogP contribution in [0.1, 0.15) is 16.9 Å². The van der Waals surface area contributed by atoms with Gasteiger partial charge in [-0.1, -0.05) is 0 Å². The first-order valence-electron chi connectivity index (χ1n) is 6.34. The topological polar surface area (TPSA) is 69.4 Å². The molecule has 2 N–H and O–H groups in total. The molecule has 0 fully saturated rings. The van der Waals surface area contributed by atoms with Gasteiger partial charge in [0, 0.05) is 9.75 Å². The number of nitrogens with two attached hydrogens (primary N) is 1. The Morgan fingerprint density at radius 2 is 2.10 bits per heavy atom. The maximum Gasteiger partial charge on any atom is 0.239 e. The molecule has 6 heteroatoms. The summed E-state index contributed by atoms with van der Waals surface area (Å²) in [6, 6.07) is 7.64. The molecule has 0 atom stereocenters. The molecule has 0 unspecified atom stereocenters. The van der Waals surface area contributed by atoms with Gasteiger partial charge in [-0.05, 0) is 55.2 Å². The molecule has 0 bridgehead atoms. The molecule has 0 radical (unpaired) electrons. The van der Waals surface area contributed by atoms with Gasteiger partial charge in [-0.15, -0.1) is 11.3 Å². The molecular formula is C14H15NO3S2. The minimum Gasteiger partial charge on any atom is -0.493 e. The molecule has 3 rings (SSSR count). The van der Waals surface area contributed by atoms with Crippen LogP contribution in [0.4, 0.5) is 0 Å². The zero-order valence-electron chi connectivity index (χ0n) is 11.0. The molecule has 2 heterocycles. The van der Waals surface area contributed by atoms with Gasteiger partial charge >= 0.3 is 0 Å². The SMILES string of the molecule is Cc1sc(-c2ccc3c(c2)CCCO3)cc1S(N)(=O)=O. The van der Waals surface area contributed by atoms with Crippen LogP contribution in [0.15, 0.2) is 29.2 Å². The zero-order valence-corrected chi connectivity index (χ0v) is 12.7. The van der Waals surface area contributed by atoms with E-state index in [2.05, 4.69) is 6.07 Å². The van der Waals surface area contributed by atoms with E-state index in [1.807, 2.05) is 12.1 Å². The fourth-order valence-electron chi connectivity index (χ4n) is 2.40. The van der Waals surface area contributed by atoms with E-state index in [1.165, 1.54) is 16.9 Å². The van der Waals surface area contributed by atoms with Crippen molar-refractivity contribution in [3.8, 4) is 16.2 Å². The van der Waals surface area contributed by atoms with Crippen LogP contribution in [0.5, 0.6) is 5.75 Å². The summed E-state index contributed by atoms with van der Waals surface area (Å²) in [5, 5.41) is 5.22. The Labute approximate surface area is 122 Å².